The first-order valence-electron chi connectivity index (χ1n) is 6.97. The van der Waals surface area contributed by atoms with Gasteiger partial charge in [0.1, 0.15) is 11.8 Å². The molecule has 1 saturated heterocycles. The van der Waals surface area contributed by atoms with Gasteiger partial charge in [-0.3, -0.25) is 14.5 Å². The standard InChI is InChI=1S/C15H19NO6/c17-12-10-22-7-6-16(12)15(14(20)21,9-13(18)19)8-11-4-2-1-3-5-11/h1-5,12,17H,6-10H2,(H,18,19)(H,20,21)/t12-,15+/m0/s1. The second-order valence-corrected chi connectivity index (χ2v) is 5.32. The molecule has 0 amide bonds. The number of hydrogen-bond acceptors (Lipinski definition) is 5. The zero-order valence-electron chi connectivity index (χ0n) is 12.0. The van der Waals surface area contributed by atoms with Crippen molar-refractivity contribution in [2.45, 2.75) is 24.6 Å². The lowest BCUT2D eigenvalue weighted by Gasteiger charge is -2.44. The number of aliphatic carboxylic acids is 2. The molecular formula is C15H19NO6. The molecular weight excluding hydrogens is 290 g/mol. The Morgan fingerprint density at radius 2 is 1.95 bits per heavy atom. The lowest BCUT2D eigenvalue weighted by molar-refractivity contribution is -0.184. The average Bonchev–Trinajstić information content (AvgIpc) is 2.47. The molecule has 3 N–H and O–H groups in total. The number of carbonyl (C=O) groups is 2. The molecule has 0 aliphatic carbocycles. The SMILES string of the molecule is O=C(O)C[C@](Cc1ccccc1)(C(=O)O)N1CCOC[C@@H]1O. The molecule has 0 bridgehead atoms. The predicted octanol–water partition coefficient (Wildman–Crippen LogP) is 0.178. The van der Waals surface area contributed by atoms with Crippen molar-refractivity contribution < 1.29 is 29.6 Å². The van der Waals surface area contributed by atoms with Crippen LogP contribution in [0, 0.1) is 0 Å². The van der Waals surface area contributed by atoms with Gasteiger partial charge >= 0.3 is 11.9 Å². The zero-order chi connectivity index (χ0) is 16.2. The van der Waals surface area contributed by atoms with Crippen molar-refractivity contribution in [2.75, 3.05) is 19.8 Å². The van der Waals surface area contributed by atoms with E-state index in [2.05, 4.69) is 0 Å². The largest absolute Gasteiger partial charge is 0.481 e. The normalized spacial score (nSPS) is 22.0. The summed E-state index contributed by atoms with van der Waals surface area (Å²) in [6.07, 6.45) is -1.76. The Labute approximate surface area is 127 Å². The highest BCUT2D eigenvalue weighted by Gasteiger charge is 2.49. The Morgan fingerprint density at radius 1 is 1.27 bits per heavy atom. The van der Waals surface area contributed by atoms with Gasteiger partial charge in [0.25, 0.3) is 0 Å². The van der Waals surface area contributed by atoms with Crippen molar-refractivity contribution in [3.63, 3.8) is 0 Å². The fourth-order valence-electron chi connectivity index (χ4n) is 2.81. The van der Waals surface area contributed by atoms with E-state index in [4.69, 9.17) is 4.74 Å². The molecule has 0 spiro atoms. The molecule has 0 saturated carbocycles. The number of carboxylic acids is 2. The Balaban J connectivity index is 2.40. The van der Waals surface area contributed by atoms with Crippen LogP contribution in [-0.2, 0) is 20.7 Å². The summed E-state index contributed by atoms with van der Waals surface area (Å²) in [5.41, 5.74) is -1.01. The van der Waals surface area contributed by atoms with E-state index in [1.807, 2.05) is 0 Å². The van der Waals surface area contributed by atoms with Crippen LogP contribution in [0.4, 0.5) is 0 Å². The Hall–Kier alpha value is -1.96. The molecule has 2 atom stereocenters. The molecule has 1 heterocycles. The predicted molar refractivity (Wildman–Crippen MR) is 76.3 cm³/mol. The lowest BCUT2D eigenvalue weighted by atomic mass is 9.85. The van der Waals surface area contributed by atoms with E-state index in [0.29, 0.717) is 5.56 Å². The highest BCUT2D eigenvalue weighted by Crippen LogP contribution is 2.29. The van der Waals surface area contributed by atoms with Crippen molar-refractivity contribution in [1.82, 2.24) is 4.90 Å². The van der Waals surface area contributed by atoms with Crippen molar-refractivity contribution in [3.8, 4) is 0 Å². The molecule has 7 nitrogen and oxygen atoms in total. The summed E-state index contributed by atoms with van der Waals surface area (Å²) in [5.74, 6) is -2.49. The van der Waals surface area contributed by atoms with E-state index in [0.717, 1.165) is 0 Å². The van der Waals surface area contributed by atoms with Crippen LogP contribution in [-0.4, -0.2) is 63.7 Å². The molecule has 2 rings (SSSR count). The van der Waals surface area contributed by atoms with Gasteiger partial charge in [0.15, 0.2) is 0 Å². The lowest BCUT2D eigenvalue weighted by Crippen LogP contribution is -2.64. The molecule has 0 radical (unpaired) electrons. The number of rotatable bonds is 6. The van der Waals surface area contributed by atoms with Crippen molar-refractivity contribution in [2.24, 2.45) is 0 Å². The van der Waals surface area contributed by atoms with Gasteiger partial charge in [0, 0.05) is 13.0 Å². The maximum Gasteiger partial charge on any atom is 0.325 e. The van der Waals surface area contributed by atoms with E-state index in [9.17, 15) is 24.9 Å². The van der Waals surface area contributed by atoms with Crippen LogP contribution in [0.1, 0.15) is 12.0 Å². The third-order valence-electron chi connectivity index (χ3n) is 3.83. The van der Waals surface area contributed by atoms with Crippen molar-refractivity contribution in [3.05, 3.63) is 35.9 Å². The van der Waals surface area contributed by atoms with Gasteiger partial charge in [0.05, 0.1) is 19.6 Å². The van der Waals surface area contributed by atoms with Crippen LogP contribution in [0.2, 0.25) is 0 Å². The maximum absolute atomic E-state index is 11.9. The molecule has 1 aromatic rings. The number of nitrogens with zero attached hydrogens (tertiary/aromatic N) is 1. The quantitative estimate of drug-likeness (QED) is 0.688. The summed E-state index contributed by atoms with van der Waals surface area (Å²) in [5, 5.41) is 29.0. The minimum atomic E-state index is -1.71. The smallest absolute Gasteiger partial charge is 0.325 e. The van der Waals surface area contributed by atoms with E-state index in [-0.39, 0.29) is 26.2 Å². The van der Waals surface area contributed by atoms with Gasteiger partial charge in [0.2, 0.25) is 0 Å². The number of aliphatic hydroxyl groups excluding tert-OH is 1. The van der Waals surface area contributed by atoms with Crippen LogP contribution >= 0.6 is 0 Å². The summed E-state index contributed by atoms with van der Waals surface area (Å²) in [6, 6.07) is 8.81. The highest BCUT2D eigenvalue weighted by molar-refractivity contribution is 5.85. The molecule has 1 aliphatic heterocycles. The van der Waals surface area contributed by atoms with Crippen LogP contribution in [0.3, 0.4) is 0 Å². The third-order valence-corrected chi connectivity index (χ3v) is 3.83. The first-order valence-corrected chi connectivity index (χ1v) is 6.97. The Kier molecular flexibility index (Phi) is 5.12. The Bertz CT molecular complexity index is 534. The van der Waals surface area contributed by atoms with Crippen LogP contribution in [0.25, 0.3) is 0 Å². The number of aliphatic hydroxyl groups is 1. The number of hydrogen-bond donors (Lipinski definition) is 3. The van der Waals surface area contributed by atoms with Gasteiger partial charge in [-0.2, -0.15) is 0 Å². The fraction of sp³-hybridized carbons (Fsp3) is 0.467. The second-order valence-electron chi connectivity index (χ2n) is 5.32. The summed E-state index contributed by atoms with van der Waals surface area (Å²) in [6.45, 7) is 0.373. The minimum absolute atomic E-state index is 0.00741. The molecule has 1 aromatic carbocycles. The molecule has 22 heavy (non-hydrogen) atoms. The monoisotopic (exact) mass is 309 g/mol. The molecule has 0 aromatic heterocycles. The summed E-state index contributed by atoms with van der Waals surface area (Å²) in [7, 11) is 0. The van der Waals surface area contributed by atoms with Gasteiger partial charge in [-0.15, -0.1) is 0 Å². The van der Waals surface area contributed by atoms with Crippen molar-refractivity contribution in [1.29, 1.82) is 0 Å². The maximum atomic E-state index is 11.9. The zero-order valence-corrected chi connectivity index (χ0v) is 12.0. The molecule has 7 heteroatoms. The van der Waals surface area contributed by atoms with Crippen molar-refractivity contribution >= 4 is 11.9 Å². The molecule has 1 aliphatic rings. The first kappa shape index (κ1) is 16.4. The number of carboxylic acid groups (broad SMARTS) is 2. The second kappa shape index (κ2) is 6.87. The topological polar surface area (TPSA) is 107 Å². The van der Waals surface area contributed by atoms with Crippen LogP contribution in [0.15, 0.2) is 30.3 Å². The summed E-state index contributed by atoms with van der Waals surface area (Å²) < 4.78 is 5.11. The summed E-state index contributed by atoms with van der Waals surface area (Å²) >= 11 is 0. The van der Waals surface area contributed by atoms with Gasteiger partial charge in [-0.1, -0.05) is 30.3 Å². The first-order chi connectivity index (χ1) is 10.5. The van der Waals surface area contributed by atoms with Crippen LogP contribution in [0.5, 0.6) is 0 Å². The van der Waals surface area contributed by atoms with E-state index < -0.39 is 30.1 Å². The van der Waals surface area contributed by atoms with E-state index >= 15 is 0 Å². The van der Waals surface area contributed by atoms with Crippen LogP contribution < -0.4 is 0 Å². The number of ether oxygens (including phenoxy) is 1. The number of morpholine rings is 1. The fourth-order valence-corrected chi connectivity index (χ4v) is 2.81. The average molecular weight is 309 g/mol. The van der Waals surface area contributed by atoms with E-state index in [1.54, 1.807) is 30.3 Å². The number of benzene rings is 1. The van der Waals surface area contributed by atoms with E-state index in [1.165, 1.54) is 4.90 Å². The highest BCUT2D eigenvalue weighted by atomic mass is 16.5. The minimum Gasteiger partial charge on any atom is -0.481 e. The van der Waals surface area contributed by atoms with Gasteiger partial charge < -0.3 is 20.1 Å². The Morgan fingerprint density at radius 3 is 2.50 bits per heavy atom. The molecule has 1 fully saturated rings. The molecule has 120 valence electrons. The van der Waals surface area contributed by atoms with Gasteiger partial charge in [-0.25, -0.2) is 0 Å². The van der Waals surface area contributed by atoms with Gasteiger partial charge in [-0.05, 0) is 5.56 Å². The summed E-state index contributed by atoms with van der Waals surface area (Å²) in [4.78, 5) is 24.5. The third kappa shape index (κ3) is 3.44. The molecule has 0 unspecified atom stereocenters.